The first-order valence-corrected chi connectivity index (χ1v) is 5.82. The molecule has 0 saturated carbocycles. The summed E-state index contributed by atoms with van der Waals surface area (Å²) in [5.41, 5.74) is 0. The Bertz CT molecular complexity index is 311. The minimum Gasteiger partial charge on any atom is -0.480 e. The molecule has 1 rings (SSSR count). The Hall–Kier alpha value is -0.870. The summed E-state index contributed by atoms with van der Waals surface area (Å²) < 4.78 is 9.22. The summed E-state index contributed by atoms with van der Waals surface area (Å²) in [6.07, 6.45) is 2.90. The lowest BCUT2D eigenvalue weighted by Crippen LogP contribution is -2.27. The van der Waals surface area contributed by atoms with Crippen molar-refractivity contribution in [2.45, 2.75) is 32.4 Å². The van der Waals surface area contributed by atoms with Gasteiger partial charge in [-0.25, -0.2) is 0 Å². The van der Waals surface area contributed by atoms with E-state index >= 15 is 0 Å². The molecule has 0 aliphatic heterocycles. The average molecular weight is 226 g/mol. The number of nitrogens with one attached hydrogen (secondary N) is 1. The summed E-state index contributed by atoms with van der Waals surface area (Å²) in [5.74, 6) is 0.694. The molecule has 0 aliphatic carbocycles. The maximum absolute atomic E-state index is 5.05. The van der Waals surface area contributed by atoms with Crippen LogP contribution in [-0.4, -0.2) is 17.5 Å². The molecule has 3 nitrogen and oxygen atoms in total. The van der Waals surface area contributed by atoms with Gasteiger partial charge >= 0.3 is 0 Å². The second-order valence-corrected chi connectivity index (χ2v) is 4.42. The van der Waals surface area contributed by atoms with Gasteiger partial charge in [-0.2, -0.15) is 4.37 Å². The van der Waals surface area contributed by atoms with E-state index in [9.17, 15) is 0 Å². The van der Waals surface area contributed by atoms with Crippen molar-refractivity contribution < 1.29 is 4.74 Å². The van der Waals surface area contributed by atoms with E-state index in [-0.39, 0.29) is 0 Å². The van der Waals surface area contributed by atoms with Gasteiger partial charge in [0.05, 0.1) is 7.11 Å². The molecule has 2 unspecified atom stereocenters. The molecule has 0 bridgehead atoms. The Kier molecular flexibility index (Phi) is 4.78. The van der Waals surface area contributed by atoms with Gasteiger partial charge in [0, 0.05) is 23.0 Å². The Morgan fingerprint density at radius 3 is 2.93 bits per heavy atom. The van der Waals surface area contributed by atoms with Gasteiger partial charge in [-0.15, -0.1) is 6.58 Å². The average Bonchev–Trinajstić information content (AvgIpc) is 2.66. The zero-order chi connectivity index (χ0) is 11.3. The van der Waals surface area contributed by atoms with Crippen LogP contribution in [0.2, 0.25) is 0 Å². The van der Waals surface area contributed by atoms with Gasteiger partial charge in [0.25, 0.3) is 0 Å². The van der Waals surface area contributed by atoms with Crippen molar-refractivity contribution in [2.24, 2.45) is 0 Å². The van der Waals surface area contributed by atoms with Crippen molar-refractivity contribution in [3.8, 4) is 5.88 Å². The van der Waals surface area contributed by atoms with Gasteiger partial charge in [-0.3, -0.25) is 0 Å². The van der Waals surface area contributed by atoms with Crippen LogP contribution in [0.25, 0.3) is 0 Å². The fourth-order valence-electron chi connectivity index (χ4n) is 1.40. The molecule has 84 valence electrons. The highest BCUT2D eigenvalue weighted by molar-refractivity contribution is 7.06. The monoisotopic (exact) mass is 226 g/mol. The van der Waals surface area contributed by atoms with Crippen LogP contribution >= 0.6 is 11.5 Å². The molecule has 0 spiro atoms. The van der Waals surface area contributed by atoms with Crippen LogP contribution in [0.3, 0.4) is 0 Å². The number of methoxy groups -OCH3 is 1. The van der Waals surface area contributed by atoms with Gasteiger partial charge in [0.15, 0.2) is 0 Å². The Morgan fingerprint density at radius 1 is 1.67 bits per heavy atom. The number of aromatic nitrogens is 1. The molecule has 15 heavy (non-hydrogen) atoms. The van der Waals surface area contributed by atoms with Crippen LogP contribution in [0.15, 0.2) is 18.7 Å². The lowest BCUT2D eigenvalue weighted by atomic mass is 10.2. The SMILES string of the molecule is C=CCC(C)NC(C)c1cc(OC)ns1. The van der Waals surface area contributed by atoms with E-state index in [2.05, 4.69) is 30.1 Å². The van der Waals surface area contributed by atoms with Gasteiger partial charge in [-0.05, 0) is 31.8 Å². The van der Waals surface area contributed by atoms with E-state index in [1.807, 2.05) is 12.1 Å². The van der Waals surface area contributed by atoms with E-state index in [4.69, 9.17) is 4.74 Å². The van der Waals surface area contributed by atoms with Crippen LogP contribution in [0.4, 0.5) is 0 Å². The van der Waals surface area contributed by atoms with Crippen molar-refractivity contribution in [3.05, 3.63) is 23.6 Å². The van der Waals surface area contributed by atoms with Crippen molar-refractivity contribution in [3.63, 3.8) is 0 Å². The highest BCUT2D eigenvalue weighted by atomic mass is 32.1. The fourth-order valence-corrected chi connectivity index (χ4v) is 2.10. The van der Waals surface area contributed by atoms with Crippen LogP contribution < -0.4 is 10.1 Å². The summed E-state index contributed by atoms with van der Waals surface area (Å²) in [7, 11) is 1.64. The maximum atomic E-state index is 5.05. The molecule has 0 saturated heterocycles. The predicted octanol–water partition coefficient (Wildman–Crippen LogP) is 2.77. The fraction of sp³-hybridized carbons (Fsp3) is 0.545. The van der Waals surface area contributed by atoms with Gasteiger partial charge in [0.1, 0.15) is 0 Å². The standard InChI is InChI=1S/C11H18N2OS/c1-5-6-8(2)12-9(3)10-7-11(14-4)13-15-10/h5,7-9,12H,1,6H2,2-4H3. The first-order valence-electron chi connectivity index (χ1n) is 5.05. The summed E-state index contributed by atoms with van der Waals surface area (Å²) in [5, 5.41) is 3.48. The predicted molar refractivity (Wildman–Crippen MR) is 64.5 cm³/mol. The molecule has 0 radical (unpaired) electrons. The molecule has 1 aromatic rings. The topological polar surface area (TPSA) is 34.1 Å². The molecule has 0 aromatic carbocycles. The number of nitrogens with zero attached hydrogens (tertiary/aromatic N) is 1. The van der Waals surface area contributed by atoms with Crippen LogP contribution in [0, 0.1) is 0 Å². The van der Waals surface area contributed by atoms with E-state index < -0.39 is 0 Å². The third-order valence-electron chi connectivity index (χ3n) is 2.20. The number of ether oxygens (including phenoxy) is 1. The molecule has 1 heterocycles. The molecule has 2 atom stereocenters. The van der Waals surface area contributed by atoms with Crippen molar-refractivity contribution in [2.75, 3.05) is 7.11 Å². The highest BCUT2D eigenvalue weighted by Gasteiger charge is 2.11. The van der Waals surface area contributed by atoms with Crippen LogP contribution in [0.1, 0.15) is 31.2 Å². The molecule has 0 amide bonds. The van der Waals surface area contributed by atoms with Gasteiger partial charge < -0.3 is 10.1 Å². The van der Waals surface area contributed by atoms with Gasteiger partial charge in [0.2, 0.25) is 5.88 Å². The van der Waals surface area contributed by atoms with Gasteiger partial charge in [-0.1, -0.05) is 6.08 Å². The molecule has 1 aromatic heterocycles. The minimum atomic E-state index is 0.307. The third-order valence-corrected chi connectivity index (χ3v) is 3.15. The quantitative estimate of drug-likeness (QED) is 0.757. The number of rotatable bonds is 6. The third kappa shape index (κ3) is 3.64. The van der Waals surface area contributed by atoms with Crippen LogP contribution in [0.5, 0.6) is 5.88 Å². The van der Waals surface area contributed by atoms with Crippen molar-refractivity contribution in [1.82, 2.24) is 9.69 Å². The maximum Gasteiger partial charge on any atom is 0.225 e. The van der Waals surface area contributed by atoms with Crippen molar-refractivity contribution >= 4 is 11.5 Å². The summed E-state index contributed by atoms with van der Waals surface area (Å²) in [6.45, 7) is 8.01. The summed E-state index contributed by atoms with van der Waals surface area (Å²) in [4.78, 5) is 1.20. The second kappa shape index (κ2) is 5.88. The number of hydrogen-bond donors (Lipinski definition) is 1. The first kappa shape index (κ1) is 12.2. The lowest BCUT2D eigenvalue weighted by molar-refractivity contribution is 0.401. The second-order valence-electron chi connectivity index (χ2n) is 3.59. The normalized spacial score (nSPS) is 14.6. The Labute approximate surface area is 95.3 Å². The number of hydrogen-bond acceptors (Lipinski definition) is 4. The molecule has 1 N–H and O–H groups in total. The minimum absolute atomic E-state index is 0.307. The lowest BCUT2D eigenvalue weighted by Gasteiger charge is -2.17. The molecule has 0 aliphatic rings. The molecule has 0 fully saturated rings. The van der Waals surface area contributed by atoms with Crippen molar-refractivity contribution in [1.29, 1.82) is 0 Å². The van der Waals surface area contributed by atoms with E-state index in [1.165, 1.54) is 16.4 Å². The van der Waals surface area contributed by atoms with E-state index in [0.717, 1.165) is 6.42 Å². The first-order chi connectivity index (χ1) is 7.17. The summed E-state index contributed by atoms with van der Waals surface area (Å²) in [6, 6.07) is 2.72. The zero-order valence-electron chi connectivity index (χ0n) is 9.49. The van der Waals surface area contributed by atoms with E-state index in [1.54, 1.807) is 7.11 Å². The molecular weight excluding hydrogens is 208 g/mol. The zero-order valence-corrected chi connectivity index (χ0v) is 10.3. The molecule has 4 heteroatoms. The molecular formula is C11H18N2OS. The van der Waals surface area contributed by atoms with E-state index in [0.29, 0.717) is 18.0 Å². The Balaban J connectivity index is 2.52. The largest absolute Gasteiger partial charge is 0.480 e. The van der Waals surface area contributed by atoms with Crippen LogP contribution in [-0.2, 0) is 0 Å². The Morgan fingerprint density at radius 2 is 2.40 bits per heavy atom. The summed E-state index contributed by atoms with van der Waals surface area (Å²) >= 11 is 1.48. The smallest absolute Gasteiger partial charge is 0.225 e. The highest BCUT2D eigenvalue weighted by Crippen LogP contribution is 2.23.